The van der Waals surface area contributed by atoms with Crippen molar-refractivity contribution >= 4 is 0 Å². The molecule has 0 bridgehead atoms. The third-order valence-electron chi connectivity index (χ3n) is 3.59. The van der Waals surface area contributed by atoms with E-state index in [9.17, 15) is 5.11 Å². The van der Waals surface area contributed by atoms with Crippen molar-refractivity contribution in [2.24, 2.45) is 5.92 Å². The van der Waals surface area contributed by atoms with Crippen LogP contribution in [0.5, 0.6) is 5.75 Å². The van der Waals surface area contributed by atoms with Gasteiger partial charge < -0.3 is 10.4 Å². The van der Waals surface area contributed by atoms with Gasteiger partial charge in [0.2, 0.25) is 0 Å². The van der Waals surface area contributed by atoms with Gasteiger partial charge in [-0.2, -0.15) is 0 Å². The smallest absolute Gasteiger partial charge is 0.122 e. The molecule has 1 aliphatic rings. The first-order chi connectivity index (χ1) is 7.77. The highest BCUT2D eigenvalue weighted by Crippen LogP contribution is 2.28. The van der Waals surface area contributed by atoms with Gasteiger partial charge in [0, 0.05) is 12.1 Å². The third-order valence-corrected chi connectivity index (χ3v) is 3.59. The Hall–Kier alpha value is -1.02. The Morgan fingerprint density at radius 2 is 2.19 bits per heavy atom. The molecular weight excluding hydrogens is 198 g/mol. The number of hydrogen-bond acceptors (Lipinski definition) is 2. The van der Waals surface area contributed by atoms with Gasteiger partial charge in [-0.25, -0.2) is 0 Å². The summed E-state index contributed by atoms with van der Waals surface area (Å²) in [7, 11) is 0. The SMILES string of the molecule is Cc1cccc(CNCCC2CCC2)c1O. The van der Waals surface area contributed by atoms with Gasteiger partial charge >= 0.3 is 0 Å². The predicted octanol–water partition coefficient (Wildman–Crippen LogP) is 2.98. The number of nitrogens with one attached hydrogen (secondary N) is 1. The lowest BCUT2D eigenvalue weighted by molar-refractivity contribution is 0.292. The molecule has 1 saturated carbocycles. The molecule has 0 heterocycles. The lowest BCUT2D eigenvalue weighted by atomic mass is 9.83. The molecule has 0 atom stereocenters. The van der Waals surface area contributed by atoms with E-state index in [1.807, 2.05) is 25.1 Å². The summed E-state index contributed by atoms with van der Waals surface area (Å²) in [5.41, 5.74) is 1.96. The molecule has 88 valence electrons. The van der Waals surface area contributed by atoms with Crippen molar-refractivity contribution in [3.8, 4) is 5.75 Å². The molecule has 2 nitrogen and oxygen atoms in total. The molecule has 16 heavy (non-hydrogen) atoms. The first-order valence-corrected chi connectivity index (χ1v) is 6.25. The van der Waals surface area contributed by atoms with Crippen molar-refractivity contribution in [2.45, 2.75) is 39.2 Å². The van der Waals surface area contributed by atoms with Crippen LogP contribution < -0.4 is 5.32 Å². The molecule has 0 saturated heterocycles. The van der Waals surface area contributed by atoms with E-state index >= 15 is 0 Å². The van der Waals surface area contributed by atoms with Crippen LogP contribution in [0.25, 0.3) is 0 Å². The van der Waals surface area contributed by atoms with Crippen LogP contribution in [-0.2, 0) is 6.54 Å². The molecular formula is C14H21NO. The second-order valence-electron chi connectivity index (χ2n) is 4.85. The van der Waals surface area contributed by atoms with Crippen molar-refractivity contribution in [2.75, 3.05) is 6.54 Å². The normalized spacial score (nSPS) is 16.1. The summed E-state index contributed by atoms with van der Waals surface area (Å²) < 4.78 is 0. The van der Waals surface area contributed by atoms with Crippen molar-refractivity contribution in [3.05, 3.63) is 29.3 Å². The Labute approximate surface area is 97.7 Å². The fourth-order valence-electron chi connectivity index (χ4n) is 2.17. The lowest BCUT2D eigenvalue weighted by Gasteiger charge is -2.25. The first-order valence-electron chi connectivity index (χ1n) is 6.25. The zero-order valence-corrected chi connectivity index (χ0v) is 10.00. The molecule has 0 aromatic heterocycles. The van der Waals surface area contributed by atoms with Gasteiger partial charge in [0.25, 0.3) is 0 Å². The summed E-state index contributed by atoms with van der Waals surface area (Å²) in [4.78, 5) is 0. The number of benzene rings is 1. The highest BCUT2D eigenvalue weighted by atomic mass is 16.3. The summed E-state index contributed by atoms with van der Waals surface area (Å²) in [6.45, 7) is 3.78. The minimum absolute atomic E-state index is 0.443. The van der Waals surface area contributed by atoms with Gasteiger partial charge in [0.05, 0.1) is 0 Å². The third kappa shape index (κ3) is 2.76. The maximum atomic E-state index is 9.82. The molecule has 1 aromatic carbocycles. The monoisotopic (exact) mass is 219 g/mol. The number of aryl methyl sites for hydroxylation is 1. The fraction of sp³-hybridized carbons (Fsp3) is 0.571. The van der Waals surface area contributed by atoms with Crippen LogP contribution in [0, 0.1) is 12.8 Å². The van der Waals surface area contributed by atoms with Crippen molar-refractivity contribution in [1.82, 2.24) is 5.32 Å². The Balaban J connectivity index is 1.73. The average Bonchev–Trinajstić information content (AvgIpc) is 2.21. The van der Waals surface area contributed by atoms with Crippen LogP contribution >= 0.6 is 0 Å². The van der Waals surface area contributed by atoms with Crippen molar-refractivity contribution in [3.63, 3.8) is 0 Å². The molecule has 1 aromatic rings. The van der Waals surface area contributed by atoms with Gasteiger partial charge in [0.1, 0.15) is 5.75 Å². The van der Waals surface area contributed by atoms with Crippen molar-refractivity contribution < 1.29 is 5.11 Å². The molecule has 0 radical (unpaired) electrons. The number of hydrogen-bond donors (Lipinski definition) is 2. The molecule has 2 N–H and O–H groups in total. The van der Waals surface area contributed by atoms with E-state index in [-0.39, 0.29) is 0 Å². The first kappa shape index (κ1) is 11.5. The Bertz CT molecular complexity index is 345. The average molecular weight is 219 g/mol. The highest BCUT2D eigenvalue weighted by molar-refractivity contribution is 5.39. The number of phenolic OH excluding ortho intramolecular Hbond substituents is 1. The second-order valence-corrected chi connectivity index (χ2v) is 4.85. The largest absolute Gasteiger partial charge is 0.507 e. The van der Waals surface area contributed by atoms with E-state index in [1.165, 1.54) is 25.7 Å². The van der Waals surface area contributed by atoms with Gasteiger partial charge in [-0.3, -0.25) is 0 Å². The number of para-hydroxylation sites is 1. The molecule has 0 unspecified atom stereocenters. The van der Waals surface area contributed by atoms with E-state index in [0.717, 1.165) is 30.1 Å². The molecule has 2 heteroatoms. The predicted molar refractivity (Wildman–Crippen MR) is 66.5 cm³/mol. The molecule has 2 rings (SSSR count). The van der Waals surface area contributed by atoms with Gasteiger partial charge in [-0.05, 0) is 31.4 Å². The zero-order valence-electron chi connectivity index (χ0n) is 10.00. The molecule has 0 spiro atoms. The molecule has 1 fully saturated rings. The fourth-order valence-corrected chi connectivity index (χ4v) is 2.17. The summed E-state index contributed by atoms with van der Waals surface area (Å²) in [6, 6.07) is 5.92. The molecule has 0 aliphatic heterocycles. The number of aromatic hydroxyl groups is 1. The van der Waals surface area contributed by atoms with Crippen LogP contribution in [0.4, 0.5) is 0 Å². The van der Waals surface area contributed by atoms with Gasteiger partial charge in [-0.15, -0.1) is 0 Å². The Morgan fingerprint density at radius 1 is 1.38 bits per heavy atom. The van der Waals surface area contributed by atoms with E-state index in [1.54, 1.807) is 0 Å². The van der Waals surface area contributed by atoms with E-state index in [0.29, 0.717) is 5.75 Å². The summed E-state index contributed by atoms with van der Waals surface area (Å²) in [5, 5.41) is 13.2. The van der Waals surface area contributed by atoms with Crippen LogP contribution in [0.3, 0.4) is 0 Å². The number of rotatable bonds is 5. The van der Waals surface area contributed by atoms with Crippen LogP contribution in [0.2, 0.25) is 0 Å². The summed E-state index contributed by atoms with van der Waals surface area (Å²) >= 11 is 0. The Morgan fingerprint density at radius 3 is 2.88 bits per heavy atom. The number of phenols is 1. The quantitative estimate of drug-likeness (QED) is 0.746. The molecule has 1 aliphatic carbocycles. The maximum Gasteiger partial charge on any atom is 0.122 e. The van der Waals surface area contributed by atoms with Gasteiger partial charge in [-0.1, -0.05) is 37.5 Å². The summed E-state index contributed by atoms with van der Waals surface area (Å²) in [6.07, 6.45) is 5.53. The minimum atomic E-state index is 0.443. The van der Waals surface area contributed by atoms with E-state index in [2.05, 4.69) is 5.32 Å². The summed E-state index contributed by atoms with van der Waals surface area (Å²) in [5.74, 6) is 1.40. The zero-order chi connectivity index (χ0) is 11.4. The highest BCUT2D eigenvalue weighted by Gasteiger charge is 2.16. The molecule has 0 amide bonds. The van der Waals surface area contributed by atoms with E-state index in [4.69, 9.17) is 0 Å². The van der Waals surface area contributed by atoms with Crippen LogP contribution in [-0.4, -0.2) is 11.7 Å². The standard InChI is InChI=1S/C14H21NO/c1-11-4-2-7-13(14(11)16)10-15-9-8-12-5-3-6-12/h2,4,7,12,15-16H,3,5-6,8-10H2,1H3. The van der Waals surface area contributed by atoms with Crippen LogP contribution in [0.15, 0.2) is 18.2 Å². The minimum Gasteiger partial charge on any atom is -0.507 e. The lowest BCUT2D eigenvalue weighted by Crippen LogP contribution is -2.21. The second kappa shape index (κ2) is 5.35. The van der Waals surface area contributed by atoms with Gasteiger partial charge in [0.15, 0.2) is 0 Å². The van der Waals surface area contributed by atoms with E-state index < -0.39 is 0 Å². The van der Waals surface area contributed by atoms with Crippen LogP contribution in [0.1, 0.15) is 36.8 Å². The Kier molecular flexibility index (Phi) is 3.83. The maximum absolute atomic E-state index is 9.82. The van der Waals surface area contributed by atoms with Crippen molar-refractivity contribution in [1.29, 1.82) is 0 Å². The topological polar surface area (TPSA) is 32.3 Å².